The summed E-state index contributed by atoms with van der Waals surface area (Å²) in [4.78, 5) is 2.32. The number of likely N-dealkylation sites (N-methyl/N-ethyl adjacent to an activating group) is 2. The molecule has 0 aliphatic heterocycles. The highest BCUT2D eigenvalue weighted by Gasteiger charge is 2.18. The van der Waals surface area contributed by atoms with Crippen molar-refractivity contribution in [1.82, 2.24) is 10.2 Å². The van der Waals surface area contributed by atoms with Gasteiger partial charge in [-0.25, -0.2) is 0 Å². The molecule has 0 unspecified atom stereocenters. The molecule has 3 nitrogen and oxygen atoms in total. The lowest BCUT2D eigenvalue weighted by atomic mass is 10.0. The van der Waals surface area contributed by atoms with Gasteiger partial charge in [0.1, 0.15) is 5.76 Å². The third-order valence-electron chi connectivity index (χ3n) is 2.73. The maximum Gasteiger partial charge on any atom is 0.105 e. The van der Waals surface area contributed by atoms with E-state index in [1.165, 1.54) is 5.56 Å². The van der Waals surface area contributed by atoms with E-state index in [4.69, 9.17) is 4.42 Å². The van der Waals surface area contributed by atoms with Gasteiger partial charge in [0.2, 0.25) is 0 Å². The molecular weight excluding hydrogens is 200 g/mol. The van der Waals surface area contributed by atoms with Gasteiger partial charge < -0.3 is 14.6 Å². The molecule has 1 rings (SSSR count). The second kappa shape index (κ2) is 5.51. The minimum Gasteiger partial charge on any atom is -0.469 e. The number of aryl methyl sites for hydroxylation is 1. The van der Waals surface area contributed by atoms with Crippen molar-refractivity contribution in [2.24, 2.45) is 0 Å². The maximum atomic E-state index is 5.30. The first-order valence-electron chi connectivity index (χ1n) is 5.91. The van der Waals surface area contributed by atoms with Crippen molar-refractivity contribution in [2.45, 2.75) is 39.8 Å². The minimum atomic E-state index is 0.154. The summed E-state index contributed by atoms with van der Waals surface area (Å²) in [5.74, 6) is 1.02. The lowest BCUT2D eigenvalue weighted by Gasteiger charge is -2.31. The molecule has 0 atom stereocenters. The van der Waals surface area contributed by atoms with E-state index in [1.807, 2.05) is 13.0 Å². The van der Waals surface area contributed by atoms with Crippen LogP contribution in [0.15, 0.2) is 16.7 Å². The van der Waals surface area contributed by atoms with Crippen LogP contribution in [0.4, 0.5) is 0 Å². The standard InChI is InChI=1S/C13H24N2O/c1-6-14-13(3,4)10-15(5)9-12-7-8-16-11(12)2/h7-8,14H,6,9-10H2,1-5H3. The second-order valence-corrected chi connectivity index (χ2v) is 5.09. The first-order chi connectivity index (χ1) is 7.44. The molecule has 0 aromatic carbocycles. The topological polar surface area (TPSA) is 28.4 Å². The summed E-state index contributed by atoms with van der Waals surface area (Å²) in [5.41, 5.74) is 1.43. The van der Waals surface area contributed by atoms with E-state index in [-0.39, 0.29) is 5.54 Å². The van der Waals surface area contributed by atoms with E-state index in [0.717, 1.165) is 25.4 Å². The SMILES string of the molecule is CCNC(C)(C)CN(C)Cc1ccoc1C. The average molecular weight is 224 g/mol. The molecule has 1 aromatic rings. The lowest BCUT2D eigenvalue weighted by molar-refractivity contribution is 0.230. The quantitative estimate of drug-likeness (QED) is 0.804. The molecule has 3 heteroatoms. The first-order valence-corrected chi connectivity index (χ1v) is 5.91. The summed E-state index contributed by atoms with van der Waals surface area (Å²) in [6.45, 7) is 11.6. The van der Waals surface area contributed by atoms with E-state index < -0.39 is 0 Å². The van der Waals surface area contributed by atoms with Crippen LogP contribution in [0.1, 0.15) is 32.1 Å². The second-order valence-electron chi connectivity index (χ2n) is 5.09. The molecule has 0 radical (unpaired) electrons. The van der Waals surface area contributed by atoms with Gasteiger partial charge >= 0.3 is 0 Å². The van der Waals surface area contributed by atoms with E-state index in [2.05, 4.69) is 38.0 Å². The molecule has 0 spiro atoms. The molecule has 1 heterocycles. The van der Waals surface area contributed by atoms with Gasteiger partial charge in [0.15, 0.2) is 0 Å². The monoisotopic (exact) mass is 224 g/mol. The summed E-state index contributed by atoms with van der Waals surface area (Å²) < 4.78 is 5.30. The number of nitrogens with zero attached hydrogens (tertiary/aromatic N) is 1. The van der Waals surface area contributed by atoms with Crippen molar-refractivity contribution in [1.29, 1.82) is 0 Å². The Morgan fingerprint density at radius 1 is 1.44 bits per heavy atom. The highest BCUT2D eigenvalue weighted by atomic mass is 16.3. The Bertz CT molecular complexity index is 317. The Balaban J connectivity index is 2.47. The van der Waals surface area contributed by atoms with Gasteiger partial charge in [0, 0.05) is 24.2 Å². The zero-order valence-electron chi connectivity index (χ0n) is 11.1. The van der Waals surface area contributed by atoms with Crippen LogP contribution >= 0.6 is 0 Å². The molecule has 0 saturated heterocycles. The Morgan fingerprint density at radius 2 is 2.12 bits per heavy atom. The third kappa shape index (κ3) is 3.99. The highest BCUT2D eigenvalue weighted by molar-refractivity contribution is 5.15. The molecule has 0 amide bonds. The van der Waals surface area contributed by atoms with Crippen LogP contribution in [0.2, 0.25) is 0 Å². The Labute approximate surface area is 98.8 Å². The van der Waals surface area contributed by atoms with Crippen LogP contribution < -0.4 is 5.32 Å². The summed E-state index contributed by atoms with van der Waals surface area (Å²) in [6, 6.07) is 2.05. The number of furan rings is 1. The minimum absolute atomic E-state index is 0.154. The molecule has 0 saturated carbocycles. The van der Waals surface area contributed by atoms with Crippen molar-refractivity contribution in [3.8, 4) is 0 Å². The molecule has 0 bridgehead atoms. The predicted molar refractivity (Wildman–Crippen MR) is 67.5 cm³/mol. The molecular formula is C13H24N2O. The number of hydrogen-bond donors (Lipinski definition) is 1. The van der Waals surface area contributed by atoms with Gasteiger partial charge in [0.05, 0.1) is 6.26 Å². The lowest BCUT2D eigenvalue weighted by Crippen LogP contribution is -2.47. The van der Waals surface area contributed by atoms with Crippen LogP contribution in [0.5, 0.6) is 0 Å². The molecule has 0 aliphatic carbocycles. The van der Waals surface area contributed by atoms with Gasteiger partial charge in [-0.3, -0.25) is 0 Å². The molecule has 16 heavy (non-hydrogen) atoms. The summed E-state index contributed by atoms with van der Waals surface area (Å²) in [7, 11) is 2.14. The van der Waals surface area contributed by atoms with Crippen molar-refractivity contribution in [3.63, 3.8) is 0 Å². The van der Waals surface area contributed by atoms with Gasteiger partial charge in [-0.1, -0.05) is 6.92 Å². The smallest absolute Gasteiger partial charge is 0.105 e. The fourth-order valence-corrected chi connectivity index (χ4v) is 2.13. The zero-order chi connectivity index (χ0) is 12.2. The molecule has 0 fully saturated rings. The van der Waals surface area contributed by atoms with Crippen LogP contribution in [-0.4, -0.2) is 30.6 Å². The Kier molecular flexibility index (Phi) is 4.56. The van der Waals surface area contributed by atoms with Crippen molar-refractivity contribution < 1.29 is 4.42 Å². The molecule has 1 N–H and O–H groups in total. The molecule has 1 aromatic heterocycles. The fourth-order valence-electron chi connectivity index (χ4n) is 2.13. The predicted octanol–water partition coefficient (Wildman–Crippen LogP) is 2.41. The summed E-state index contributed by atoms with van der Waals surface area (Å²) in [5, 5.41) is 3.48. The van der Waals surface area contributed by atoms with E-state index in [0.29, 0.717) is 0 Å². The largest absolute Gasteiger partial charge is 0.469 e. The first kappa shape index (κ1) is 13.3. The fraction of sp³-hybridized carbons (Fsp3) is 0.692. The normalized spacial score (nSPS) is 12.4. The van der Waals surface area contributed by atoms with Gasteiger partial charge in [0.25, 0.3) is 0 Å². The highest BCUT2D eigenvalue weighted by Crippen LogP contribution is 2.13. The number of nitrogens with one attached hydrogen (secondary N) is 1. The maximum absolute atomic E-state index is 5.30. The van der Waals surface area contributed by atoms with Gasteiger partial charge in [-0.05, 0) is 40.4 Å². The van der Waals surface area contributed by atoms with Crippen molar-refractivity contribution >= 4 is 0 Å². The van der Waals surface area contributed by atoms with Crippen LogP contribution in [-0.2, 0) is 6.54 Å². The third-order valence-corrected chi connectivity index (χ3v) is 2.73. The van der Waals surface area contributed by atoms with Gasteiger partial charge in [-0.2, -0.15) is 0 Å². The van der Waals surface area contributed by atoms with E-state index in [1.54, 1.807) is 6.26 Å². The summed E-state index contributed by atoms with van der Waals surface area (Å²) in [6.07, 6.45) is 1.76. The van der Waals surface area contributed by atoms with Crippen molar-refractivity contribution in [2.75, 3.05) is 20.1 Å². The van der Waals surface area contributed by atoms with Crippen molar-refractivity contribution in [3.05, 3.63) is 23.7 Å². The summed E-state index contributed by atoms with van der Waals surface area (Å²) >= 11 is 0. The van der Waals surface area contributed by atoms with Crippen LogP contribution in [0.25, 0.3) is 0 Å². The van der Waals surface area contributed by atoms with Gasteiger partial charge in [-0.15, -0.1) is 0 Å². The Hall–Kier alpha value is -0.800. The Morgan fingerprint density at radius 3 is 2.62 bits per heavy atom. The zero-order valence-corrected chi connectivity index (χ0v) is 11.1. The van der Waals surface area contributed by atoms with E-state index >= 15 is 0 Å². The molecule has 92 valence electrons. The molecule has 0 aliphatic rings. The van der Waals surface area contributed by atoms with Crippen LogP contribution in [0, 0.1) is 6.92 Å². The van der Waals surface area contributed by atoms with E-state index in [9.17, 15) is 0 Å². The number of rotatable bonds is 6. The average Bonchev–Trinajstić information content (AvgIpc) is 2.50. The number of hydrogen-bond acceptors (Lipinski definition) is 3. The van der Waals surface area contributed by atoms with Crippen LogP contribution in [0.3, 0.4) is 0 Å².